The second-order valence-corrected chi connectivity index (χ2v) is 4.31. The second-order valence-electron chi connectivity index (χ2n) is 3.87. The number of nitrogens with one attached hydrogen (secondary N) is 1. The molecule has 3 nitrogen and oxygen atoms in total. The lowest BCUT2D eigenvalue weighted by Crippen LogP contribution is -2.11. The Balaban J connectivity index is 2.09. The number of ether oxygens (including phenoxy) is 1. The fourth-order valence-electron chi connectivity index (χ4n) is 1.55. The van der Waals surface area contributed by atoms with Crippen LogP contribution in [0, 0.1) is 0 Å². The number of benzene rings is 1. The molecule has 1 aromatic heterocycles. The predicted octanol–water partition coefficient (Wildman–Crippen LogP) is 3.64. The van der Waals surface area contributed by atoms with E-state index in [2.05, 4.69) is 17.2 Å². The summed E-state index contributed by atoms with van der Waals surface area (Å²) in [5.41, 5.74) is 1.09. The Morgan fingerprint density at radius 1 is 1.22 bits per heavy atom. The molecule has 4 heteroatoms. The summed E-state index contributed by atoms with van der Waals surface area (Å²) >= 11 is 5.91. The van der Waals surface area contributed by atoms with E-state index in [0.29, 0.717) is 16.5 Å². The van der Waals surface area contributed by atoms with E-state index in [-0.39, 0.29) is 0 Å². The Kier molecular flexibility index (Phi) is 4.56. The van der Waals surface area contributed by atoms with Gasteiger partial charge in [0.15, 0.2) is 0 Å². The van der Waals surface area contributed by atoms with Gasteiger partial charge >= 0.3 is 0 Å². The fourth-order valence-corrected chi connectivity index (χ4v) is 1.73. The summed E-state index contributed by atoms with van der Waals surface area (Å²) in [4.78, 5) is 4.16. The van der Waals surface area contributed by atoms with E-state index in [4.69, 9.17) is 16.3 Å². The third-order valence-electron chi connectivity index (χ3n) is 2.38. The van der Waals surface area contributed by atoms with Crippen molar-refractivity contribution in [3.63, 3.8) is 0 Å². The van der Waals surface area contributed by atoms with Crippen LogP contribution in [0.5, 0.6) is 11.5 Å². The maximum Gasteiger partial charge on any atom is 0.146 e. The Labute approximate surface area is 112 Å². The number of halogens is 1. The van der Waals surface area contributed by atoms with Crippen molar-refractivity contribution in [1.29, 1.82) is 0 Å². The highest BCUT2D eigenvalue weighted by atomic mass is 35.5. The first-order valence-corrected chi connectivity index (χ1v) is 6.24. The first-order valence-electron chi connectivity index (χ1n) is 5.86. The SMILES string of the molecule is CCNCc1cncc(Oc2cccc(Cl)c2)c1. The minimum atomic E-state index is 0.657. The van der Waals surface area contributed by atoms with Crippen molar-refractivity contribution in [3.8, 4) is 11.5 Å². The van der Waals surface area contributed by atoms with Gasteiger partial charge in [-0.3, -0.25) is 4.98 Å². The normalized spacial score (nSPS) is 10.3. The van der Waals surface area contributed by atoms with Crippen LogP contribution in [0.3, 0.4) is 0 Å². The molecule has 18 heavy (non-hydrogen) atoms. The minimum Gasteiger partial charge on any atom is -0.456 e. The molecule has 1 aromatic carbocycles. The molecular weight excluding hydrogens is 248 g/mol. The summed E-state index contributed by atoms with van der Waals surface area (Å²) in [5.74, 6) is 1.43. The molecule has 0 saturated heterocycles. The van der Waals surface area contributed by atoms with E-state index in [1.54, 1.807) is 12.3 Å². The monoisotopic (exact) mass is 262 g/mol. The lowest BCUT2D eigenvalue weighted by atomic mass is 10.2. The molecular formula is C14H15ClN2O. The van der Waals surface area contributed by atoms with E-state index in [0.717, 1.165) is 18.7 Å². The number of pyridine rings is 1. The van der Waals surface area contributed by atoms with Crippen LogP contribution in [0.25, 0.3) is 0 Å². The zero-order valence-electron chi connectivity index (χ0n) is 10.2. The largest absolute Gasteiger partial charge is 0.456 e. The van der Waals surface area contributed by atoms with Crippen LogP contribution in [0.1, 0.15) is 12.5 Å². The van der Waals surface area contributed by atoms with Gasteiger partial charge in [0.25, 0.3) is 0 Å². The lowest BCUT2D eigenvalue weighted by Gasteiger charge is -2.07. The van der Waals surface area contributed by atoms with Crippen molar-refractivity contribution in [2.45, 2.75) is 13.5 Å². The number of aromatic nitrogens is 1. The van der Waals surface area contributed by atoms with Crippen molar-refractivity contribution >= 4 is 11.6 Å². The second kappa shape index (κ2) is 6.38. The number of hydrogen-bond acceptors (Lipinski definition) is 3. The van der Waals surface area contributed by atoms with E-state index >= 15 is 0 Å². The van der Waals surface area contributed by atoms with Crippen LogP contribution >= 0.6 is 11.6 Å². The third kappa shape index (κ3) is 3.72. The average molecular weight is 263 g/mol. The summed E-state index contributed by atoms with van der Waals surface area (Å²) in [7, 11) is 0. The van der Waals surface area contributed by atoms with Crippen LogP contribution in [-0.4, -0.2) is 11.5 Å². The van der Waals surface area contributed by atoms with Gasteiger partial charge < -0.3 is 10.1 Å². The van der Waals surface area contributed by atoms with Crippen molar-refractivity contribution < 1.29 is 4.74 Å². The lowest BCUT2D eigenvalue weighted by molar-refractivity contribution is 0.479. The van der Waals surface area contributed by atoms with Crippen molar-refractivity contribution in [2.75, 3.05) is 6.54 Å². The highest BCUT2D eigenvalue weighted by Crippen LogP contribution is 2.23. The Morgan fingerprint density at radius 2 is 2.11 bits per heavy atom. The zero-order valence-corrected chi connectivity index (χ0v) is 10.9. The topological polar surface area (TPSA) is 34.2 Å². The maximum atomic E-state index is 5.91. The molecule has 0 aliphatic heterocycles. The Morgan fingerprint density at radius 3 is 2.89 bits per heavy atom. The van der Waals surface area contributed by atoms with E-state index < -0.39 is 0 Å². The van der Waals surface area contributed by atoms with Crippen molar-refractivity contribution in [1.82, 2.24) is 10.3 Å². The highest BCUT2D eigenvalue weighted by Gasteiger charge is 2.00. The molecule has 0 spiro atoms. The van der Waals surface area contributed by atoms with Gasteiger partial charge in [-0.2, -0.15) is 0 Å². The zero-order chi connectivity index (χ0) is 12.8. The molecule has 0 unspecified atom stereocenters. The first-order chi connectivity index (χ1) is 8.78. The van der Waals surface area contributed by atoms with Gasteiger partial charge in [-0.1, -0.05) is 24.6 Å². The number of hydrogen-bond donors (Lipinski definition) is 1. The van der Waals surface area contributed by atoms with Crippen LogP contribution in [0.2, 0.25) is 5.02 Å². The van der Waals surface area contributed by atoms with Gasteiger partial charge in [0.2, 0.25) is 0 Å². The van der Waals surface area contributed by atoms with Crippen LogP contribution in [0.15, 0.2) is 42.7 Å². The molecule has 0 bridgehead atoms. The summed E-state index contributed by atoms with van der Waals surface area (Å²) in [5, 5.41) is 3.90. The molecule has 0 aliphatic rings. The standard InChI is InChI=1S/C14H15ClN2O/c1-2-16-8-11-6-14(10-17-9-11)18-13-5-3-4-12(15)7-13/h3-7,9-10,16H,2,8H2,1H3. The van der Waals surface area contributed by atoms with Crippen LogP contribution in [-0.2, 0) is 6.54 Å². The van der Waals surface area contributed by atoms with Crippen molar-refractivity contribution in [2.24, 2.45) is 0 Å². The molecule has 0 saturated carbocycles. The van der Waals surface area contributed by atoms with Crippen LogP contribution < -0.4 is 10.1 Å². The van der Waals surface area contributed by atoms with Gasteiger partial charge in [0.05, 0.1) is 6.20 Å². The summed E-state index contributed by atoms with van der Waals surface area (Å²) in [6.45, 7) is 3.79. The molecule has 0 aliphatic carbocycles. The fraction of sp³-hybridized carbons (Fsp3) is 0.214. The molecule has 94 valence electrons. The molecule has 0 fully saturated rings. The first kappa shape index (κ1) is 12.9. The van der Waals surface area contributed by atoms with E-state index in [1.807, 2.05) is 30.5 Å². The predicted molar refractivity (Wildman–Crippen MR) is 73.1 cm³/mol. The quantitative estimate of drug-likeness (QED) is 0.893. The molecule has 2 rings (SSSR count). The smallest absolute Gasteiger partial charge is 0.146 e. The molecule has 2 aromatic rings. The van der Waals surface area contributed by atoms with E-state index in [9.17, 15) is 0 Å². The van der Waals surface area contributed by atoms with Crippen LogP contribution in [0.4, 0.5) is 0 Å². The summed E-state index contributed by atoms with van der Waals surface area (Å²) in [6, 6.07) is 9.28. The third-order valence-corrected chi connectivity index (χ3v) is 2.62. The van der Waals surface area contributed by atoms with Gasteiger partial charge in [0, 0.05) is 17.8 Å². The summed E-state index contributed by atoms with van der Waals surface area (Å²) < 4.78 is 5.71. The number of rotatable bonds is 5. The summed E-state index contributed by atoms with van der Waals surface area (Å²) in [6.07, 6.45) is 3.52. The average Bonchev–Trinajstić information content (AvgIpc) is 2.37. The van der Waals surface area contributed by atoms with Gasteiger partial charge in [0.1, 0.15) is 11.5 Å². The Hall–Kier alpha value is -1.58. The van der Waals surface area contributed by atoms with E-state index in [1.165, 1.54) is 0 Å². The maximum absolute atomic E-state index is 5.91. The number of nitrogens with zero attached hydrogens (tertiary/aromatic N) is 1. The molecule has 0 atom stereocenters. The van der Waals surface area contributed by atoms with Crippen molar-refractivity contribution in [3.05, 3.63) is 53.3 Å². The molecule has 1 N–H and O–H groups in total. The van der Waals surface area contributed by atoms with Gasteiger partial charge in [-0.05, 0) is 36.4 Å². The highest BCUT2D eigenvalue weighted by molar-refractivity contribution is 6.30. The molecule has 0 amide bonds. The molecule has 0 radical (unpaired) electrons. The molecule has 1 heterocycles. The van der Waals surface area contributed by atoms with Gasteiger partial charge in [-0.15, -0.1) is 0 Å². The van der Waals surface area contributed by atoms with Gasteiger partial charge in [-0.25, -0.2) is 0 Å². The minimum absolute atomic E-state index is 0.657. The Bertz CT molecular complexity index is 517.